The predicted octanol–water partition coefficient (Wildman–Crippen LogP) is -0.758. The number of carbonyl (C=O) groups excluding carboxylic acids is 2. The smallest absolute Gasteiger partial charge is 0.237 e. The maximum Gasteiger partial charge on any atom is 0.237 e. The Morgan fingerprint density at radius 2 is 1.79 bits per heavy atom. The number of nitrogens with zero attached hydrogens (tertiary/aromatic N) is 1. The van der Waals surface area contributed by atoms with Crippen LogP contribution >= 0.6 is 12.2 Å². The van der Waals surface area contributed by atoms with Gasteiger partial charge in [-0.2, -0.15) is 0 Å². The van der Waals surface area contributed by atoms with Crippen LogP contribution in [0, 0.1) is 5.41 Å². The fourth-order valence-electron chi connectivity index (χ4n) is 0.888. The lowest BCUT2D eigenvalue weighted by Crippen LogP contribution is -2.47. The number of likely N-dealkylation sites (N-methyl/N-ethyl adjacent to an activating group) is 1. The van der Waals surface area contributed by atoms with E-state index in [-0.39, 0.29) is 17.4 Å². The zero-order chi connectivity index (χ0) is 11.5. The van der Waals surface area contributed by atoms with Crippen LogP contribution in [-0.4, -0.2) is 35.3 Å². The molecule has 0 aromatic heterocycles. The van der Waals surface area contributed by atoms with Crippen molar-refractivity contribution in [2.24, 2.45) is 16.9 Å². The molecule has 4 N–H and O–H groups in total. The van der Waals surface area contributed by atoms with Crippen LogP contribution in [0.1, 0.15) is 13.8 Å². The van der Waals surface area contributed by atoms with E-state index in [9.17, 15) is 9.59 Å². The third-order valence-corrected chi connectivity index (χ3v) is 2.40. The van der Waals surface area contributed by atoms with E-state index in [1.807, 2.05) is 0 Å². The van der Waals surface area contributed by atoms with Crippen LogP contribution < -0.4 is 11.5 Å². The minimum absolute atomic E-state index is 0.0961. The van der Waals surface area contributed by atoms with Gasteiger partial charge in [-0.3, -0.25) is 9.59 Å². The number of amides is 2. The average molecular weight is 217 g/mol. The normalized spacial score (nSPS) is 10.8. The summed E-state index contributed by atoms with van der Waals surface area (Å²) in [5.41, 5.74) is 9.42. The lowest BCUT2D eigenvalue weighted by molar-refractivity contribution is -0.138. The number of primary amides is 1. The van der Waals surface area contributed by atoms with E-state index < -0.39 is 11.3 Å². The van der Waals surface area contributed by atoms with Crippen molar-refractivity contribution in [3.05, 3.63) is 0 Å². The number of hydrogen-bond donors (Lipinski definition) is 2. The van der Waals surface area contributed by atoms with Gasteiger partial charge in [-0.15, -0.1) is 0 Å². The number of nitrogens with two attached hydrogens (primary N) is 2. The molecule has 0 radical (unpaired) electrons. The van der Waals surface area contributed by atoms with Crippen LogP contribution in [0.3, 0.4) is 0 Å². The maximum atomic E-state index is 11.7. The minimum atomic E-state index is -0.945. The molecule has 0 aliphatic carbocycles. The monoisotopic (exact) mass is 217 g/mol. The van der Waals surface area contributed by atoms with Gasteiger partial charge in [0.15, 0.2) is 0 Å². The number of thiocarbonyl (C=S) groups is 1. The summed E-state index contributed by atoms with van der Waals surface area (Å²) in [5.74, 6) is -0.886. The summed E-state index contributed by atoms with van der Waals surface area (Å²) in [6.07, 6.45) is 0. The van der Waals surface area contributed by atoms with Crippen molar-refractivity contribution in [3.63, 3.8) is 0 Å². The molecule has 0 bridgehead atoms. The standard InChI is InChI=1S/C8H15N3O2S/c1-8(2,6(10)14)7(13)11(3)4-5(9)12/h4H2,1-3H3,(H2,9,12)(H2,10,14). The highest BCUT2D eigenvalue weighted by atomic mass is 32.1. The van der Waals surface area contributed by atoms with E-state index in [0.717, 1.165) is 0 Å². The molecule has 0 aliphatic rings. The Morgan fingerprint density at radius 3 is 2.07 bits per heavy atom. The molecule has 0 unspecified atom stereocenters. The van der Waals surface area contributed by atoms with Gasteiger partial charge in [0.25, 0.3) is 0 Å². The van der Waals surface area contributed by atoms with Crippen molar-refractivity contribution in [2.45, 2.75) is 13.8 Å². The number of rotatable bonds is 4. The van der Waals surface area contributed by atoms with E-state index in [0.29, 0.717) is 0 Å². The van der Waals surface area contributed by atoms with E-state index >= 15 is 0 Å². The van der Waals surface area contributed by atoms with Gasteiger partial charge in [-0.1, -0.05) is 12.2 Å². The van der Waals surface area contributed by atoms with Gasteiger partial charge in [0.05, 0.1) is 16.9 Å². The Hall–Kier alpha value is -1.17. The molecule has 0 atom stereocenters. The molecule has 0 saturated carbocycles. The van der Waals surface area contributed by atoms with E-state index in [1.54, 1.807) is 13.8 Å². The lowest BCUT2D eigenvalue weighted by Gasteiger charge is -2.27. The molecule has 80 valence electrons. The first kappa shape index (κ1) is 12.8. The van der Waals surface area contributed by atoms with Crippen LogP contribution in [0.4, 0.5) is 0 Å². The molecule has 0 heterocycles. The first-order valence-electron chi connectivity index (χ1n) is 4.03. The molecule has 0 aromatic rings. The molecule has 6 heteroatoms. The first-order chi connectivity index (χ1) is 6.19. The Labute approximate surface area is 88.4 Å². The van der Waals surface area contributed by atoms with Gasteiger partial charge in [0, 0.05) is 7.05 Å². The van der Waals surface area contributed by atoms with Gasteiger partial charge in [0.2, 0.25) is 11.8 Å². The Morgan fingerprint density at radius 1 is 1.36 bits per heavy atom. The van der Waals surface area contributed by atoms with Crippen LogP contribution in [0.2, 0.25) is 0 Å². The maximum absolute atomic E-state index is 11.7. The quantitative estimate of drug-likeness (QED) is 0.606. The van der Waals surface area contributed by atoms with Gasteiger partial charge >= 0.3 is 0 Å². The zero-order valence-electron chi connectivity index (χ0n) is 8.53. The molecule has 14 heavy (non-hydrogen) atoms. The minimum Gasteiger partial charge on any atom is -0.392 e. The summed E-state index contributed by atoms with van der Waals surface area (Å²) < 4.78 is 0. The van der Waals surface area contributed by atoms with Crippen molar-refractivity contribution >= 4 is 29.0 Å². The SMILES string of the molecule is CN(CC(N)=O)C(=O)C(C)(C)C(N)=S. The second-order valence-corrected chi connectivity index (χ2v) is 4.06. The molecule has 0 fully saturated rings. The van der Waals surface area contributed by atoms with Gasteiger partial charge in [-0.05, 0) is 13.8 Å². The molecule has 0 aromatic carbocycles. The summed E-state index contributed by atoms with van der Waals surface area (Å²) in [6, 6.07) is 0. The van der Waals surface area contributed by atoms with Crippen LogP contribution in [0.5, 0.6) is 0 Å². The highest BCUT2D eigenvalue weighted by molar-refractivity contribution is 7.80. The second kappa shape index (κ2) is 4.36. The molecule has 5 nitrogen and oxygen atoms in total. The fraction of sp³-hybridized carbons (Fsp3) is 0.625. The third-order valence-electron chi connectivity index (χ3n) is 1.89. The molecule has 0 aliphatic heterocycles. The summed E-state index contributed by atoms with van der Waals surface area (Å²) in [5, 5.41) is 0. The Bertz CT molecular complexity index is 276. The Kier molecular flexibility index (Phi) is 4.00. The van der Waals surface area contributed by atoms with Crippen LogP contribution in [0.25, 0.3) is 0 Å². The van der Waals surface area contributed by atoms with Gasteiger partial charge in [0.1, 0.15) is 0 Å². The molecule has 0 spiro atoms. The largest absolute Gasteiger partial charge is 0.392 e. The lowest BCUT2D eigenvalue weighted by atomic mass is 9.92. The third kappa shape index (κ3) is 2.95. The predicted molar refractivity (Wildman–Crippen MR) is 57.4 cm³/mol. The van der Waals surface area contributed by atoms with Crippen molar-refractivity contribution < 1.29 is 9.59 Å². The molecule has 0 saturated heterocycles. The van der Waals surface area contributed by atoms with Gasteiger partial charge < -0.3 is 16.4 Å². The summed E-state index contributed by atoms with van der Waals surface area (Å²) >= 11 is 4.75. The average Bonchev–Trinajstić information content (AvgIpc) is 2.01. The molecular formula is C8H15N3O2S. The first-order valence-corrected chi connectivity index (χ1v) is 4.44. The van der Waals surface area contributed by atoms with E-state index in [1.165, 1.54) is 11.9 Å². The van der Waals surface area contributed by atoms with Crippen molar-refractivity contribution in [2.75, 3.05) is 13.6 Å². The molecule has 0 rings (SSSR count). The fourth-order valence-corrected chi connectivity index (χ4v) is 0.975. The summed E-state index contributed by atoms with van der Waals surface area (Å²) in [6.45, 7) is 3.08. The molecular weight excluding hydrogens is 202 g/mol. The highest BCUT2D eigenvalue weighted by Gasteiger charge is 2.33. The van der Waals surface area contributed by atoms with Crippen LogP contribution in [0.15, 0.2) is 0 Å². The molecule has 2 amide bonds. The van der Waals surface area contributed by atoms with Crippen molar-refractivity contribution in [1.29, 1.82) is 0 Å². The van der Waals surface area contributed by atoms with E-state index in [2.05, 4.69) is 0 Å². The second-order valence-electron chi connectivity index (χ2n) is 3.62. The highest BCUT2D eigenvalue weighted by Crippen LogP contribution is 2.18. The number of carbonyl (C=O) groups is 2. The zero-order valence-corrected chi connectivity index (χ0v) is 9.35. The summed E-state index contributed by atoms with van der Waals surface area (Å²) in [7, 11) is 1.48. The van der Waals surface area contributed by atoms with Crippen LogP contribution in [-0.2, 0) is 9.59 Å². The topological polar surface area (TPSA) is 89.4 Å². The summed E-state index contributed by atoms with van der Waals surface area (Å²) in [4.78, 5) is 23.6. The Balaban J connectivity index is 4.61. The van der Waals surface area contributed by atoms with Crippen molar-refractivity contribution in [3.8, 4) is 0 Å². The van der Waals surface area contributed by atoms with Crippen molar-refractivity contribution in [1.82, 2.24) is 4.90 Å². The number of hydrogen-bond acceptors (Lipinski definition) is 3. The van der Waals surface area contributed by atoms with E-state index in [4.69, 9.17) is 23.7 Å². The van der Waals surface area contributed by atoms with Gasteiger partial charge in [-0.25, -0.2) is 0 Å².